The van der Waals surface area contributed by atoms with Crippen LogP contribution in [0.5, 0.6) is 0 Å². The number of nitrogens with one attached hydrogen (secondary N) is 1. The van der Waals surface area contributed by atoms with Crippen LogP contribution in [-0.4, -0.2) is 74.3 Å². The monoisotopic (exact) mass is 1100 g/mol. The minimum atomic E-state index is -4.48. The van der Waals surface area contributed by atoms with Gasteiger partial charge < -0.3 is 19.4 Å². The molecule has 0 saturated carbocycles. The summed E-state index contributed by atoms with van der Waals surface area (Å²) in [6, 6.07) is -0.907. The number of likely N-dealkylation sites (N-methyl/N-ethyl adjacent to an activating group) is 1. The molecule has 0 saturated heterocycles. The van der Waals surface area contributed by atoms with Crippen LogP contribution in [0.15, 0.2) is 134 Å². The molecule has 3 unspecified atom stereocenters. The number of unbranched alkanes of at least 4 members (excludes halogenated alkanes) is 18. The van der Waals surface area contributed by atoms with E-state index in [1.807, 2.05) is 45.4 Å². The molecule has 0 aromatic carbocycles. The predicted octanol–water partition coefficient (Wildman–Crippen LogP) is 19.3. The smallest absolute Gasteiger partial charge is 0.456 e. The zero-order valence-electron chi connectivity index (χ0n) is 50.6. The molecule has 0 radical (unpaired) electrons. The van der Waals surface area contributed by atoms with Gasteiger partial charge in [-0.3, -0.25) is 18.6 Å². The number of quaternary nitrogens is 1. The van der Waals surface area contributed by atoms with E-state index >= 15 is 0 Å². The van der Waals surface area contributed by atoms with Crippen LogP contribution < -0.4 is 5.32 Å². The van der Waals surface area contributed by atoms with Crippen LogP contribution in [-0.2, 0) is 27.9 Å². The van der Waals surface area contributed by atoms with Gasteiger partial charge >= 0.3 is 13.8 Å². The van der Waals surface area contributed by atoms with Crippen molar-refractivity contribution in [1.82, 2.24) is 5.32 Å². The molecule has 0 spiro atoms. The predicted molar refractivity (Wildman–Crippen MR) is 336 cm³/mol. The van der Waals surface area contributed by atoms with Gasteiger partial charge in [-0.1, -0.05) is 238 Å². The molecular formula is C68H116N2O7P+. The van der Waals surface area contributed by atoms with Crippen molar-refractivity contribution >= 4 is 19.7 Å². The second-order valence-corrected chi connectivity index (χ2v) is 22.9. The summed E-state index contributed by atoms with van der Waals surface area (Å²) in [5, 5.41) is 3.00. The van der Waals surface area contributed by atoms with Gasteiger partial charge in [-0.15, -0.1) is 0 Å². The van der Waals surface area contributed by atoms with Crippen LogP contribution in [0, 0.1) is 0 Å². The molecule has 0 heterocycles. The molecule has 3 atom stereocenters. The Kier molecular flexibility index (Phi) is 53.6. The van der Waals surface area contributed by atoms with Crippen molar-refractivity contribution in [2.75, 3.05) is 40.9 Å². The van der Waals surface area contributed by atoms with E-state index in [9.17, 15) is 19.0 Å². The first-order chi connectivity index (χ1) is 37.9. The summed E-state index contributed by atoms with van der Waals surface area (Å²) in [6.45, 7) is 6.78. The van der Waals surface area contributed by atoms with Crippen molar-refractivity contribution in [3.63, 3.8) is 0 Å². The van der Waals surface area contributed by atoms with Crippen molar-refractivity contribution in [3.05, 3.63) is 134 Å². The van der Waals surface area contributed by atoms with Crippen LogP contribution in [0.4, 0.5) is 0 Å². The Balaban J connectivity index is 5.43. The van der Waals surface area contributed by atoms with Crippen LogP contribution in [0.25, 0.3) is 0 Å². The molecule has 0 aromatic rings. The largest absolute Gasteiger partial charge is 0.472 e. The summed E-state index contributed by atoms with van der Waals surface area (Å²) < 4.78 is 30.6. The lowest BCUT2D eigenvalue weighted by Crippen LogP contribution is -2.47. The van der Waals surface area contributed by atoms with Crippen molar-refractivity contribution < 1.29 is 37.3 Å². The van der Waals surface area contributed by atoms with E-state index in [1.54, 1.807) is 0 Å². The highest BCUT2D eigenvalue weighted by Crippen LogP contribution is 2.43. The first kappa shape index (κ1) is 74.2. The highest BCUT2D eigenvalue weighted by molar-refractivity contribution is 7.47. The Labute approximate surface area is 479 Å². The number of rotatable bonds is 54. The summed E-state index contributed by atoms with van der Waals surface area (Å²) in [5.41, 5.74) is 0. The Bertz CT molecular complexity index is 1800. The van der Waals surface area contributed by atoms with E-state index < -0.39 is 20.0 Å². The number of allylic oxidation sites excluding steroid dienone is 21. The Morgan fingerprint density at radius 3 is 1.28 bits per heavy atom. The van der Waals surface area contributed by atoms with Gasteiger partial charge in [0.1, 0.15) is 19.3 Å². The molecule has 0 bridgehead atoms. The van der Waals surface area contributed by atoms with Gasteiger partial charge in [0.15, 0.2) is 0 Å². The number of nitrogens with zero attached hydrogens (tertiary/aromatic N) is 1. The van der Waals surface area contributed by atoms with E-state index in [0.717, 1.165) is 109 Å². The van der Waals surface area contributed by atoms with E-state index in [2.05, 4.69) is 135 Å². The van der Waals surface area contributed by atoms with Gasteiger partial charge in [0.25, 0.3) is 0 Å². The highest BCUT2D eigenvalue weighted by atomic mass is 31.2. The minimum Gasteiger partial charge on any atom is -0.456 e. The molecule has 2 N–H and O–H groups in total. The maximum absolute atomic E-state index is 13.5. The Morgan fingerprint density at radius 1 is 0.462 bits per heavy atom. The molecule has 10 heteroatoms. The third-order valence-corrected chi connectivity index (χ3v) is 13.8. The van der Waals surface area contributed by atoms with Crippen molar-refractivity contribution in [3.8, 4) is 0 Å². The van der Waals surface area contributed by atoms with Crippen molar-refractivity contribution in [2.45, 2.75) is 245 Å². The van der Waals surface area contributed by atoms with Crippen LogP contribution in [0.2, 0.25) is 0 Å². The summed E-state index contributed by atoms with van der Waals surface area (Å²) >= 11 is 0. The molecule has 9 nitrogen and oxygen atoms in total. The second kappa shape index (κ2) is 56.4. The zero-order chi connectivity index (χ0) is 57.2. The highest BCUT2D eigenvalue weighted by Gasteiger charge is 2.30. The molecular weight excluding hydrogens is 988 g/mol. The van der Waals surface area contributed by atoms with Gasteiger partial charge in [0.05, 0.1) is 33.8 Å². The average molecular weight is 1100 g/mol. The number of carbonyl (C=O) groups excluding carboxylic acids is 2. The second-order valence-electron chi connectivity index (χ2n) is 21.5. The maximum atomic E-state index is 13.5. The van der Waals surface area contributed by atoms with Crippen LogP contribution in [0.3, 0.4) is 0 Å². The van der Waals surface area contributed by atoms with E-state index in [0.29, 0.717) is 23.9 Å². The SMILES string of the molecule is CC/C=C\C/C=C\C/C=C\C/C=C\C/C=C\C/C=C\CCC(=O)NC(COP(=O)(O)OCC[N+](C)(C)C)C(/C=C/CCCCCCCCCCCC)OC(=O)CCCCCCC/C=C\C/C=C\C/C=C\C/C=C\CCCCC. The fraction of sp³-hybridized carbons (Fsp3) is 0.647. The summed E-state index contributed by atoms with van der Waals surface area (Å²) in [7, 11) is 1.42. The number of hydrogen-bond donors (Lipinski definition) is 2. The standard InChI is InChI=1S/C68H115N2O7P/c1-7-10-13-16-19-22-25-28-30-32-34-35-37-39-41-43-46-49-52-55-58-61-68(72)77-66(59-56-53-50-47-44-27-24-21-18-15-12-9-3)65(64-76-78(73,74)75-63-62-70(4,5)6)69-67(71)60-57-54-51-48-45-42-40-38-36-33-31-29-26-23-20-17-14-11-8-2/h11,14,19-20,22-23,28-31,34-36,38-39,41-42,45,51,54,56,59,65-66H,7-10,12-13,15-18,21,24-27,32-33,37,40,43-44,46-50,52-53,55,57-58,60-64H2,1-6H3,(H-,69,71,73,74)/p+1/b14-11-,22-19-,23-20-,30-28-,31-29-,35-34-,38-36-,41-39-,45-42-,54-51-,59-56+. The number of phosphoric acid groups is 1. The summed E-state index contributed by atoms with van der Waals surface area (Å²) in [5.74, 6) is -0.634. The molecule has 0 fully saturated rings. The van der Waals surface area contributed by atoms with E-state index in [4.69, 9.17) is 13.8 Å². The lowest BCUT2D eigenvalue weighted by molar-refractivity contribution is -0.870. The minimum absolute atomic E-state index is 0.0158. The molecule has 0 rings (SSSR count). The quantitative estimate of drug-likeness (QED) is 0.0205. The lowest BCUT2D eigenvalue weighted by Gasteiger charge is -2.27. The molecule has 0 aliphatic rings. The fourth-order valence-corrected chi connectivity index (χ4v) is 8.80. The molecule has 0 aliphatic heterocycles. The number of carbonyl (C=O) groups is 2. The molecule has 0 aliphatic carbocycles. The first-order valence-electron chi connectivity index (χ1n) is 31.0. The Morgan fingerprint density at radius 2 is 0.833 bits per heavy atom. The normalized spacial score (nSPS) is 14.6. The number of phosphoric ester groups is 1. The topological polar surface area (TPSA) is 111 Å². The van der Waals surface area contributed by atoms with Crippen LogP contribution in [0.1, 0.15) is 233 Å². The average Bonchev–Trinajstić information content (AvgIpc) is 3.40. The van der Waals surface area contributed by atoms with Gasteiger partial charge in [0.2, 0.25) is 5.91 Å². The van der Waals surface area contributed by atoms with Crippen molar-refractivity contribution in [1.29, 1.82) is 0 Å². The van der Waals surface area contributed by atoms with Crippen LogP contribution >= 0.6 is 7.82 Å². The third-order valence-electron chi connectivity index (χ3n) is 12.8. The third kappa shape index (κ3) is 56.9. The van der Waals surface area contributed by atoms with E-state index in [1.165, 1.54) is 77.0 Å². The lowest BCUT2D eigenvalue weighted by atomic mass is 10.1. The molecule has 0 aromatic heterocycles. The molecule has 444 valence electrons. The number of esters is 1. The van der Waals surface area contributed by atoms with Gasteiger partial charge in [-0.2, -0.15) is 0 Å². The molecule has 78 heavy (non-hydrogen) atoms. The van der Waals surface area contributed by atoms with E-state index in [-0.39, 0.29) is 37.9 Å². The fourth-order valence-electron chi connectivity index (χ4n) is 8.06. The summed E-state index contributed by atoms with van der Waals surface area (Å²) in [6.07, 6.45) is 80.4. The number of hydrogen-bond acceptors (Lipinski definition) is 6. The molecule has 1 amide bonds. The number of ether oxygens (including phenoxy) is 1. The zero-order valence-corrected chi connectivity index (χ0v) is 51.5. The Hall–Kier alpha value is -3.85. The summed E-state index contributed by atoms with van der Waals surface area (Å²) in [4.78, 5) is 37.7. The van der Waals surface area contributed by atoms with Gasteiger partial charge in [0, 0.05) is 12.8 Å². The van der Waals surface area contributed by atoms with Gasteiger partial charge in [-0.25, -0.2) is 4.57 Å². The first-order valence-corrected chi connectivity index (χ1v) is 32.5. The number of amides is 1. The van der Waals surface area contributed by atoms with Gasteiger partial charge in [-0.05, 0) is 115 Å². The van der Waals surface area contributed by atoms with Crippen molar-refractivity contribution in [2.24, 2.45) is 0 Å². The maximum Gasteiger partial charge on any atom is 0.472 e.